The number of thiazole rings is 1. The molecule has 0 spiro atoms. The van der Waals surface area contributed by atoms with E-state index in [9.17, 15) is 10.1 Å². The van der Waals surface area contributed by atoms with Crippen molar-refractivity contribution in [3.63, 3.8) is 0 Å². The van der Waals surface area contributed by atoms with Crippen molar-refractivity contribution in [2.45, 2.75) is 6.54 Å². The molecule has 0 atom stereocenters. The molecule has 0 fully saturated rings. The smallest absolute Gasteiger partial charge is 0.324 e. The van der Waals surface area contributed by atoms with E-state index in [2.05, 4.69) is 10.3 Å². The van der Waals surface area contributed by atoms with E-state index in [1.54, 1.807) is 12.3 Å². The summed E-state index contributed by atoms with van der Waals surface area (Å²) in [4.78, 5) is 15.0. The molecule has 5 nitrogen and oxygen atoms in total. The van der Waals surface area contributed by atoms with Crippen LogP contribution < -0.4 is 5.32 Å². The molecule has 1 N–H and O–H groups in total. The molecule has 2 rings (SSSR count). The normalized spacial score (nSPS) is 10.1. The van der Waals surface area contributed by atoms with Crippen molar-refractivity contribution in [3.05, 3.63) is 38.7 Å². The van der Waals surface area contributed by atoms with Crippen LogP contribution in [0.25, 0.3) is 0 Å². The molecule has 2 heterocycles. The SMILES string of the molecule is O=[N+]([O-])c1ccc(CNc2nccs2)s1. The maximum atomic E-state index is 10.4. The van der Waals surface area contributed by atoms with Gasteiger partial charge in [0.2, 0.25) is 0 Å². The van der Waals surface area contributed by atoms with Gasteiger partial charge in [-0.1, -0.05) is 11.3 Å². The van der Waals surface area contributed by atoms with Crippen molar-refractivity contribution in [3.8, 4) is 0 Å². The number of hydrogen-bond donors (Lipinski definition) is 1. The molecule has 0 aliphatic rings. The fourth-order valence-corrected chi connectivity index (χ4v) is 2.32. The largest absolute Gasteiger partial charge is 0.357 e. The lowest BCUT2D eigenvalue weighted by Gasteiger charge is -1.97. The average molecular weight is 241 g/mol. The summed E-state index contributed by atoms with van der Waals surface area (Å²) < 4.78 is 0. The molecule has 78 valence electrons. The molecule has 0 radical (unpaired) electrons. The Morgan fingerprint density at radius 1 is 1.53 bits per heavy atom. The Hall–Kier alpha value is -1.47. The van der Waals surface area contributed by atoms with Crippen molar-refractivity contribution >= 4 is 32.8 Å². The van der Waals surface area contributed by atoms with Gasteiger partial charge in [0.05, 0.1) is 11.5 Å². The zero-order chi connectivity index (χ0) is 10.7. The van der Waals surface area contributed by atoms with Crippen molar-refractivity contribution in [1.29, 1.82) is 0 Å². The van der Waals surface area contributed by atoms with E-state index in [1.165, 1.54) is 28.7 Å². The molecule has 0 aromatic carbocycles. The second-order valence-corrected chi connectivity index (χ2v) is 4.73. The molecule has 2 aromatic heterocycles. The standard InChI is InChI=1S/C8H7N3O2S2/c12-11(13)7-2-1-6(15-7)5-10-8-9-3-4-14-8/h1-4H,5H2,(H,9,10). The minimum atomic E-state index is -0.377. The molecule has 0 unspecified atom stereocenters. The Balaban J connectivity index is 1.96. The second kappa shape index (κ2) is 4.37. The molecule has 0 saturated heterocycles. The minimum Gasteiger partial charge on any atom is -0.357 e. The third-order valence-corrected chi connectivity index (χ3v) is 3.44. The highest BCUT2D eigenvalue weighted by atomic mass is 32.1. The van der Waals surface area contributed by atoms with Crippen LogP contribution in [0, 0.1) is 10.1 Å². The quantitative estimate of drug-likeness (QED) is 0.660. The highest BCUT2D eigenvalue weighted by Gasteiger charge is 2.09. The van der Waals surface area contributed by atoms with Crippen LogP contribution in [-0.4, -0.2) is 9.91 Å². The van der Waals surface area contributed by atoms with Crippen LogP contribution in [0.4, 0.5) is 10.1 Å². The van der Waals surface area contributed by atoms with Gasteiger partial charge in [-0.2, -0.15) is 0 Å². The van der Waals surface area contributed by atoms with Gasteiger partial charge in [0.1, 0.15) is 0 Å². The van der Waals surface area contributed by atoms with Crippen molar-refractivity contribution < 1.29 is 4.92 Å². The van der Waals surface area contributed by atoms with Gasteiger partial charge in [0, 0.05) is 22.5 Å². The summed E-state index contributed by atoms with van der Waals surface area (Å²) in [6, 6.07) is 3.27. The topological polar surface area (TPSA) is 68.1 Å². The molecule has 0 bridgehead atoms. The summed E-state index contributed by atoms with van der Waals surface area (Å²) >= 11 is 2.68. The van der Waals surface area contributed by atoms with Crippen LogP contribution in [0.15, 0.2) is 23.7 Å². The number of hydrogen-bond acceptors (Lipinski definition) is 6. The first-order valence-electron chi connectivity index (χ1n) is 4.12. The molecule has 15 heavy (non-hydrogen) atoms. The highest BCUT2D eigenvalue weighted by molar-refractivity contribution is 7.15. The first-order valence-corrected chi connectivity index (χ1v) is 5.82. The number of nitrogens with zero attached hydrogens (tertiary/aromatic N) is 2. The fraction of sp³-hybridized carbons (Fsp3) is 0.125. The summed E-state index contributed by atoms with van der Waals surface area (Å²) in [7, 11) is 0. The lowest BCUT2D eigenvalue weighted by atomic mass is 10.4. The molecular weight excluding hydrogens is 234 g/mol. The van der Waals surface area contributed by atoms with E-state index >= 15 is 0 Å². The molecule has 0 aliphatic carbocycles. The van der Waals surface area contributed by atoms with Gasteiger partial charge in [-0.25, -0.2) is 4.98 Å². The molecular formula is C8H7N3O2S2. The summed E-state index contributed by atoms with van der Waals surface area (Å²) in [5.74, 6) is 0. The summed E-state index contributed by atoms with van der Waals surface area (Å²) in [6.07, 6.45) is 1.71. The maximum Gasteiger partial charge on any atom is 0.324 e. The molecule has 0 amide bonds. The predicted octanol–water partition coefficient (Wildman–Crippen LogP) is 2.72. The molecule has 2 aromatic rings. The van der Waals surface area contributed by atoms with E-state index in [-0.39, 0.29) is 9.92 Å². The first kappa shape index (κ1) is 10.1. The maximum absolute atomic E-state index is 10.4. The van der Waals surface area contributed by atoms with Gasteiger partial charge in [-0.05, 0) is 6.07 Å². The van der Waals surface area contributed by atoms with E-state index in [0.29, 0.717) is 6.54 Å². The average Bonchev–Trinajstić information content (AvgIpc) is 2.86. The molecule has 0 aliphatic heterocycles. The van der Waals surface area contributed by atoms with Gasteiger partial charge in [-0.15, -0.1) is 11.3 Å². The zero-order valence-electron chi connectivity index (χ0n) is 7.54. The van der Waals surface area contributed by atoms with Crippen molar-refractivity contribution in [2.75, 3.05) is 5.32 Å². The Morgan fingerprint density at radius 3 is 3.00 bits per heavy atom. The predicted molar refractivity (Wildman–Crippen MR) is 60.4 cm³/mol. The monoisotopic (exact) mass is 241 g/mol. The molecule has 7 heteroatoms. The summed E-state index contributed by atoms with van der Waals surface area (Å²) in [5.41, 5.74) is 0. The van der Waals surface area contributed by atoms with Crippen LogP contribution in [0.3, 0.4) is 0 Å². The summed E-state index contributed by atoms with van der Waals surface area (Å²) in [6.45, 7) is 0.575. The van der Waals surface area contributed by atoms with E-state index in [1.807, 2.05) is 5.38 Å². The second-order valence-electron chi connectivity index (χ2n) is 2.69. The van der Waals surface area contributed by atoms with Gasteiger partial charge in [0.25, 0.3) is 0 Å². The Labute approximate surface area is 93.6 Å². The zero-order valence-corrected chi connectivity index (χ0v) is 9.18. The van der Waals surface area contributed by atoms with Crippen molar-refractivity contribution in [2.24, 2.45) is 0 Å². The highest BCUT2D eigenvalue weighted by Crippen LogP contribution is 2.24. The van der Waals surface area contributed by atoms with Crippen LogP contribution in [0.2, 0.25) is 0 Å². The molecule has 0 saturated carbocycles. The number of nitro groups is 1. The van der Waals surface area contributed by atoms with Crippen molar-refractivity contribution in [1.82, 2.24) is 4.98 Å². The van der Waals surface area contributed by atoms with Crippen LogP contribution in [-0.2, 0) is 6.54 Å². The van der Waals surface area contributed by atoms with Gasteiger partial charge in [-0.3, -0.25) is 10.1 Å². The third-order valence-electron chi connectivity index (χ3n) is 1.67. The number of thiophene rings is 1. The minimum absolute atomic E-state index is 0.172. The first-order chi connectivity index (χ1) is 7.25. The van der Waals surface area contributed by atoms with E-state index < -0.39 is 0 Å². The van der Waals surface area contributed by atoms with Gasteiger partial charge in [0.15, 0.2) is 5.13 Å². The number of anilines is 1. The van der Waals surface area contributed by atoms with Crippen LogP contribution in [0.5, 0.6) is 0 Å². The fourth-order valence-electron chi connectivity index (χ4n) is 1.03. The van der Waals surface area contributed by atoms with Gasteiger partial charge >= 0.3 is 5.00 Å². The van der Waals surface area contributed by atoms with Gasteiger partial charge < -0.3 is 5.32 Å². The lowest BCUT2D eigenvalue weighted by Crippen LogP contribution is -1.95. The lowest BCUT2D eigenvalue weighted by molar-refractivity contribution is -0.380. The van der Waals surface area contributed by atoms with Crippen LogP contribution in [0.1, 0.15) is 4.88 Å². The third kappa shape index (κ3) is 2.51. The Kier molecular flexibility index (Phi) is 2.93. The Morgan fingerprint density at radius 2 is 2.40 bits per heavy atom. The van der Waals surface area contributed by atoms with Crippen LogP contribution >= 0.6 is 22.7 Å². The number of rotatable bonds is 4. The van der Waals surface area contributed by atoms with E-state index in [0.717, 1.165) is 10.0 Å². The Bertz CT molecular complexity index is 452. The number of aromatic nitrogens is 1. The summed E-state index contributed by atoms with van der Waals surface area (Å²) in [5, 5.41) is 16.4. The number of nitrogens with one attached hydrogen (secondary N) is 1. The van der Waals surface area contributed by atoms with E-state index in [4.69, 9.17) is 0 Å².